The van der Waals surface area contributed by atoms with Crippen LogP contribution < -0.4 is 15.0 Å². The lowest BCUT2D eigenvalue weighted by Gasteiger charge is -2.25. The molecule has 128 valence electrons. The summed E-state index contributed by atoms with van der Waals surface area (Å²) in [5, 5.41) is 2.97. The second-order valence-corrected chi connectivity index (χ2v) is 6.47. The van der Waals surface area contributed by atoms with Crippen molar-refractivity contribution in [3.8, 4) is 5.75 Å². The minimum absolute atomic E-state index is 0.0785. The van der Waals surface area contributed by atoms with E-state index in [1.807, 2.05) is 41.3 Å². The van der Waals surface area contributed by atoms with Crippen LogP contribution in [-0.4, -0.2) is 25.5 Å². The molecule has 2 heterocycles. The van der Waals surface area contributed by atoms with Crippen LogP contribution in [0.15, 0.2) is 36.4 Å². The normalized spacial score (nSPS) is 15.1. The summed E-state index contributed by atoms with van der Waals surface area (Å²) < 4.78 is 5.14. The van der Waals surface area contributed by atoms with E-state index in [9.17, 15) is 9.59 Å². The molecule has 2 aliphatic rings. The van der Waals surface area contributed by atoms with Gasteiger partial charge in [-0.1, -0.05) is 12.1 Å². The van der Waals surface area contributed by atoms with Crippen LogP contribution in [0.5, 0.6) is 5.75 Å². The number of ether oxygens (including phenoxy) is 1. The SMILES string of the molecule is COc1ccc(CNC(=O)c2cc3c4c(c2)CCN4C(=O)CC3)cc1. The molecule has 0 bridgehead atoms. The van der Waals surface area contributed by atoms with Crippen molar-refractivity contribution < 1.29 is 14.3 Å². The van der Waals surface area contributed by atoms with Gasteiger partial charge in [-0.25, -0.2) is 0 Å². The van der Waals surface area contributed by atoms with Crippen LogP contribution in [-0.2, 0) is 24.2 Å². The van der Waals surface area contributed by atoms with Crippen LogP contribution in [0.2, 0.25) is 0 Å². The number of aryl methyl sites for hydroxylation is 1. The topological polar surface area (TPSA) is 58.6 Å². The van der Waals surface area contributed by atoms with E-state index in [2.05, 4.69) is 5.32 Å². The minimum atomic E-state index is -0.0785. The highest BCUT2D eigenvalue weighted by Crippen LogP contribution is 2.37. The van der Waals surface area contributed by atoms with Crippen LogP contribution in [0.4, 0.5) is 5.69 Å². The highest BCUT2D eigenvalue weighted by Gasteiger charge is 2.31. The van der Waals surface area contributed by atoms with E-state index in [1.165, 1.54) is 0 Å². The van der Waals surface area contributed by atoms with Crippen molar-refractivity contribution >= 4 is 17.5 Å². The Hall–Kier alpha value is -2.82. The molecule has 2 aromatic carbocycles. The van der Waals surface area contributed by atoms with Gasteiger partial charge in [0.25, 0.3) is 5.91 Å². The van der Waals surface area contributed by atoms with Crippen LogP contribution in [0.1, 0.15) is 33.5 Å². The van der Waals surface area contributed by atoms with E-state index < -0.39 is 0 Å². The number of carbonyl (C=O) groups is 2. The molecular weight excluding hydrogens is 316 g/mol. The number of nitrogens with zero attached hydrogens (tertiary/aromatic N) is 1. The molecule has 0 saturated heterocycles. The van der Waals surface area contributed by atoms with Crippen molar-refractivity contribution in [3.05, 3.63) is 58.7 Å². The molecule has 0 atom stereocenters. The number of benzene rings is 2. The first-order chi connectivity index (χ1) is 12.2. The molecule has 4 rings (SSSR count). The predicted molar refractivity (Wildman–Crippen MR) is 95.0 cm³/mol. The van der Waals surface area contributed by atoms with Crippen LogP contribution in [0.25, 0.3) is 0 Å². The van der Waals surface area contributed by atoms with E-state index in [-0.39, 0.29) is 11.8 Å². The first-order valence-electron chi connectivity index (χ1n) is 8.53. The number of hydrogen-bond acceptors (Lipinski definition) is 3. The van der Waals surface area contributed by atoms with Gasteiger partial charge in [0.05, 0.1) is 12.8 Å². The smallest absolute Gasteiger partial charge is 0.251 e. The zero-order valence-corrected chi connectivity index (χ0v) is 14.2. The van der Waals surface area contributed by atoms with Gasteiger partial charge < -0.3 is 15.0 Å². The van der Waals surface area contributed by atoms with Crippen LogP contribution >= 0.6 is 0 Å². The van der Waals surface area contributed by atoms with E-state index in [1.54, 1.807) is 7.11 Å². The fourth-order valence-electron chi connectivity index (χ4n) is 3.62. The number of methoxy groups -OCH3 is 1. The largest absolute Gasteiger partial charge is 0.497 e. The third kappa shape index (κ3) is 2.86. The molecule has 0 spiro atoms. The molecule has 0 aliphatic carbocycles. The highest BCUT2D eigenvalue weighted by atomic mass is 16.5. The molecule has 0 fully saturated rings. The summed E-state index contributed by atoms with van der Waals surface area (Å²) in [5.41, 5.74) is 4.97. The molecular formula is C20H20N2O3. The Morgan fingerprint density at radius 1 is 1.12 bits per heavy atom. The third-order valence-corrected chi connectivity index (χ3v) is 4.93. The molecule has 5 heteroatoms. The van der Waals surface area contributed by atoms with Gasteiger partial charge in [0.15, 0.2) is 0 Å². The minimum Gasteiger partial charge on any atom is -0.497 e. The van der Waals surface area contributed by atoms with E-state index in [0.29, 0.717) is 18.5 Å². The highest BCUT2D eigenvalue weighted by molar-refractivity contribution is 6.01. The van der Waals surface area contributed by atoms with E-state index in [0.717, 1.165) is 47.5 Å². The number of anilines is 1. The standard InChI is InChI=1S/C20H20N2O3/c1-25-17-5-2-13(3-6-17)12-21-20(24)16-10-14-4-7-18(23)22-9-8-15(11-16)19(14)22/h2-3,5-6,10-11H,4,7-9,12H2,1H3,(H,21,24). The summed E-state index contributed by atoms with van der Waals surface area (Å²) in [4.78, 5) is 26.4. The van der Waals surface area contributed by atoms with Gasteiger partial charge in [0.2, 0.25) is 5.91 Å². The van der Waals surface area contributed by atoms with Gasteiger partial charge in [0, 0.05) is 25.1 Å². The molecule has 2 aliphatic heterocycles. The van der Waals surface area contributed by atoms with Crippen molar-refractivity contribution in [2.75, 3.05) is 18.6 Å². The lowest BCUT2D eigenvalue weighted by molar-refractivity contribution is -0.118. The number of rotatable bonds is 4. The fourth-order valence-corrected chi connectivity index (χ4v) is 3.62. The predicted octanol–water partition coefficient (Wildman–Crippen LogP) is 2.46. The monoisotopic (exact) mass is 336 g/mol. The Kier molecular flexibility index (Phi) is 3.92. The average Bonchev–Trinajstić information content (AvgIpc) is 3.08. The molecule has 5 nitrogen and oxygen atoms in total. The van der Waals surface area contributed by atoms with Gasteiger partial charge >= 0.3 is 0 Å². The Morgan fingerprint density at radius 3 is 2.56 bits per heavy atom. The summed E-state index contributed by atoms with van der Waals surface area (Å²) >= 11 is 0. The Bertz CT molecular complexity index is 843. The van der Waals surface area contributed by atoms with Crippen molar-refractivity contribution in [3.63, 3.8) is 0 Å². The van der Waals surface area contributed by atoms with Crippen molar-refractivity contribution in [2.24, 2.45) is 0 Å². The van der Waals surface area contributed by atoms with Crippen molar-refractivity contribution in [1.29, 1.82) is 0 Å². The maximum atomic E-state index is 12.6. The van der Waals surface area contributed by atoms with Gasteiger partial charge in [-0.2, -0.15) is 0 Å². The first kappa shape index (κ1) is 15.7. The van der Waals surface area contributed by atoms with Crippen LogP contribution in [0.3, 0.4) is 0 Å². The lowest BCUT2D eigenvalue weighted by Crippen LogP contribution is -2.33. The molecule has 0 unspecified atom stereocenters. The Balaban J connectivity index is 1.50. The summed E-state index contributed by atoms with van der Waals surface area (Å²) in [5.74, 6) is 0.917. The Labute approximate surface area is 146 Å². The zero-order valence-electron chi connectivity index (χ0n) is 14.2. The van der Waals surface area contributed by atoms with Crippen LogP contribution in [0, 0.1) is 0 Å². The molecule has 1 N–H and O–H groups in total. The Morgan fingerprint density at radius 2 is 1.84 bits per heavy atom. The molecule has 0 radical (unpaired) electrons. The van der Waals surface area contributed by atoms with Crippen molar-refractivity contribution in [1.82, 2.24) is 5.32 Å². The second-order valence-electron chi connectivity index (χ2n) is 6.47. The molecule has 0 saturated carbocycles. The van der Waals surface area contributed by atoms with Gasteiger partial charge in [-0.3, -0.25) is 9.59 Å². The summed E-state index contributed by atoms with van der Waals surface area (Å²) in [6.07, 6.45) is 2.08. The summed E-state index contributed by atoms with van der Waals surface area (Å²) in [7, 11) is 1.63. The second kappa shape index (κ2) is 6.24. The maximum absolute atomic E-state index is 12.6. The fraction of sp³-hybridized carbons (Fsp3) is 0.300. The average molecular weight is 336 g/mol. The molecule has 0 aromatic heterocycles. The number of hydrogen-bond donors (Lipinski definition) is 1. The molecule has 25 heavy (non-hydrogen) atoms. The maximum Gasteiger partial charge on any atom is 0.251 e. The number of amides is 2. The van der Waals surface area contributed by atoms with E-state index in [4.69, 9.17) is 4.74 Å². The first-order valence-corrected chi connectivity index (χ1v) is 8.53. The zero-order chi connectivity index (χ0) is 17.4. The molecule has 2 aromatic rings. The number of carbonyl (C=O) groups excluding carboxylic acids is 2. The van der Waals surface area contributed by atoms with E-state index >= 15 is 0 Å². The van der Waals surface area contributed by atoms with Gasteiger partial charge in [-0.15, -0.1) is 0 Å². The van der Waals surface area contributed by atoms with Crippen molar-refractivity contribution in [2.45, 2.75) is 25.8 Å². The quantitative estimate of drug-likeness (QED) is 0.933. The van der Waals surface area contributed by atoms with Gasteiger partial charge in [-0.05, 0) is 53.8 Å². The molecule has 2 amide bonds. The summed E-state index contributed by atoms with van der Waals surface area (Å²) in [6.45, 7) is 1.21. The third-order valence-electron chi connectivity index (χ3n) is 4.93. The lowest BCUT2D eigenvalue weighted by atomic mass is 9.96. The van der Waals surface area contributed by atoms with Gasteiger partial charge in [0.1, 0.15) is 5.75 Å². The summed E-state index contributed by atoms with van der Waals surface area (Å²) in [6, 6.07) is 11.5. The number of nitrogens with one attached hydrogen (secondary N) is 1.